The molecule has 0 radical (unpaired) electrons. The Morgan fingerprint density at radius 2 is 2.22 bits per heavy atom. The van der Waals surface area contributed by atoms with Gasteiger partial charge >= 0.3 is 0 Å². The summed E-state index contributed by atoms with van der Waals surface area (Å²) in [6.45, 7) is 2.31. The fourth-order valence-electron chi connectivity index (χ4n) is 1.56. The van der Waals surface area contributed by atoms with Crippen LogP contribution in [-0.4, -0.2) is 0 Å². The summed E-state index contributed by atoms with van der Waals surface area (Å²) in [5.74, 6) is -0.357. The van der Waals surface area contributed by atoms with Crippen LogP contribution in [0.15, 0.2) is 28.1 Å². The molecule has 1 aromatic heterocycles. The molecule has 0 fully saturated rings. The van der Waals surface area contributed by atoms with Crippen molar-refractivity contribution in [1.82, 2.24) is 0 Å². The maximum atomic E-state index is 13.6. The van der Waals surface area contributed by atoms with E-state index in [-0.39, 0.29) is 5.82 Å². The van der Waals surface area contributed by atoms with Crippen molar-refractivity contribution >= 4 is 33.0 Å². The van der Waals surface area contributed by atoms with Crippen LogP contribution in [0.3, 0.4) is 0 Å². The average Bonchev–Trinajstić information content (AvgIpc) is 2.77. The van der Waals surface area contributed by atoms with E-state index in [1.54, 1.807) is 24.3 Å². The molecule has 1 aromatic carbocycles. The molecule has 2 nitrogen and oxygen atoms in total. The van der Waals surface area contributed by atoms with Crippen LogP contribution >= 0.6 is 27.3 Å². The second-order valence-electron chi connectivity index (χ2n) is 3.83. The first kappa shape index (κ1) is 13.1. The average molecular weight is 325 g/mol. The predicted octanol–water partition coefficient (Wildman–Crippen LogP) is 4.44. The summed E-state index contributed by atoms with van der Waals surface area (Å²) in [5.41, 5.74) is 1.52. The predicted molar refractivity (Wildman–Crippen MR) is 75.2 cm³/mol. The van der Waals surface area contributed by atoms with Crippen LogP contribution in [0.25, 0.3) is 0 Å². The zero-order valence-corrected chi connectivity index (χ0v) is 12.0. The Kier molecular flexibility index (Phi) is 4.00. The minimum Gasteiger partial charge on any atom is -0.380 e. The van der Waals surface area contributed by atoms with Gasteiger partial charge in [-0.1, -0.05) is 0 Å². The molecule has 0 bridgehead atoms. The molecule has 5 heteroatoms. The topological polar surface area (TPSA) is 35.8 Å². The first-order valence-corrected chi connectivity index (χ1v) is 6.94. The molecule has 92 valence electrons. The van der Waals surface area contributed by atoms with E-state index in [2.05, 4.69) is 21.2 Å². The molecule has 2 aromatic rings. The number of thiophene rings is 1. The molecular weight excluding hydrogens is 315 g/mol. The normalized spacial score (nSPS) is 10.1. The van der Waals surface area contributed by atoms with Gasteiger partial charge in [0.1, 0.15) is 5.82 Å². The highest BCUT2D eigenvalue weighted by molar-refractivity contribution is 9.10. The van der Waals surface area contributed by atoms with Crippen LogP contribution in [0, 0.1) is 24.1 Å². The third-order valence-electron chi connectivity index (χ3n) is 2.55. The smallest absolute Gasteiger partial charge is 0.129 e. The molecular formula is C13H10BrFN2S. The van der Waals surface area contributed by atoms with Crippen molar-refractivity contribution in [2.75, 3.05) is 5.32 Å². The van der Waals surface area contributed by atoms with E-state index in [0.29, 0.717) is 23.4 Å². The van der Waals surface area contributed by atoms with Crippen LogP contribution in [0.1, 0.15) is 16.0 Å². The molecule has 0 atom stereocenters. The zero-order valence-electron chi connectivity index (χ0n) is 9.63. The molecule has 0 saturated heterocycles. The molecule has 0 aliphatic heterocycles. The number of hydrogen-bond acceptors (Lipinski definition) is 3. The fraction of sp³-hybridized carbons (Fsp3) is 0.154. The van der Waals surface area contributed by atoms with Gasteiger partial charge in [-0.15, -0.1) is 11.3 Å². The number of halogens is 2. The van der Waals surface area contributed by atoms with Gasteiger partial charge in [0.2, 0.25) is 0 Å². The van der Waals surface area contributed by atoms with Crippen molar-refractivity contribution in [3.8, 4) is 6.07 Å². The molecule has 1 N–H and O–H groups in total. The summed E-state index contributed by atoms with van der Waals surface area (Å²) >= 11 is 5.01. The molecule has 18 heavy (non-hydrogen) atoms. The van der Waals surface area contributed by atoms with Crippen LogP contribution in [0.5, 0.6) is 0 Å². The second kappa shape index (κ2) is 5.51. The Labute approximate surface area is 117 Å². The summed E-state index contributed by atoms with van der Waals surface area (Å²) in [6, 6.07) is 6.88. The molecule has 0 aliphatic rings. The minimum atomic E-state index is -0.357. The highest BCUT2D eigenvalue weighted by atomic mass is 79.9. The van der Waals surface area contributed by atoms with E-state index in [1.165, 1.54) is 6.07 Å². The van der Waals surface area contributed by atoms with E-state index in [9.17, 15) is 4.39 Å². The van der Waals surface area contributed by atoms with E-state index >= 15 is 0 Å². The number of anilines is 1. The summed E-state index contributed by atoms with van der Waals surface area (Å²) in [6.07, 6.45) is 0. The van der Waals surface area contributed by atoms with Gasteiger partial charge in [-0.2, -0.15) is 5.26 Å². The lowest BCUT2D eigenvalue weighted by atomic mass is 10.1. The van der Waals surface area contributed by atoms with Crippen molar-refractivity contribution in [3.05, 3.63) is 49.9 Å². The fourth-order valence-corrected chi connectivity index (χ4v) is 2.95. The van der Waals surface area contributed by atoms with Gasteiger partial charge in [0.15, 0.2) is 0 Å². The van der Waals surface area contributed by atoms with Crippen LogP contribution in [0.4, 0.5) is 10.1 Å². The van der Waals surface area contributed by atoms with Gasteiger partial charge in [-0.05, 0) is 41.1 Å². The van der Waals surface area contributed by atoms with Gasteiger partial charge in [0.25, 0.3) is 0 Å². The second-order valence-corrected chi connectivity index (χ2v) is 5.74. The number of hydrogen-bond donors (Lipinski definition) is 1. The van der Waals surface area contributed by atoms with E-state index in [1.807, 2.05) is 17.5 Å². The van der Waals surface area contributed by atoms with Crippen molar-refractivity contribution in [2.45, 2.75) is 13.5 Å². The van der Waals surface area contributed by atoms with Crippen molar-refractivity contribution in [2.24, 2.45) is 0 Å². The quantitative estimate of drug-likeness (QED) is 0.905. The minimum absolute atomic E-state index is 0.327. The SMILES string of the molecule is Cc1c(F)cc(C#N)cc1NCc1cc(Br)cs1. The third kappa shape index (κ3) is 2.89. The van der Waals surface area contributed by atoms with Gasteiger partial charge in [-0.25, -0.2) is 4.39 Å². The number of nitrogens with zero attached hydrogens (tertiary/aromatic N) is 1. The highest BCUT2D eigenvalue weighted by Crippen LogP contribution is 2.24. The van der Waals surface area contributed by atoms with Crippen LogP contribution < -0.4 is 5.32 Å². The highest BCUT2D eigenvalue weighted by Gasteiger charge is 2.07. The maximum absolute atomic E-state index is 13.6. The van der Waals surface area contributed by atoms with Gasteiger partial charge in [-0.3, -0.25) is 0 Å². The lowest BCUT2D eigenvalue weighted by Crippen LogP contribution is -2.01. The Morgan fingerprint density at radius 3 is 2.83 bits per heavy atom. The van der Waals surface area contributed by atoms with E-state index in [0.717, 1.165) is 9.35 Å². The summed E-state index contributed by atoms with van der Waals surface area (Å²) in [7, 11) is 0. The molecule has 0 spiro atoms. The molecule has 1 heterocycles. The monoisotopic (exact) mass is 324 g/mol. The standard InChI is InChI=1S/C13H10BrFN2S/c1-8-12(15)2-9(5-16)3-13(8)17-6-11-4-10(14)7-18-11/h2-4,7,17H,6H2,1H3. The lowest BCUT2D eigenvalue weighted by Gasteiger charge is -2.09. The van der Waals surface area contributed by atoms with Crippen LogP contribution in [-0.2, 0) is 6.54 Å². The summed E-state index contributed by atoms with van der Waals surface area (Å²) < 4.78 is 14.6. The van der Waals surface area contributed by atoms with Gasteiger partial charge in [0.05, 0.1) is 11.6 Å². The molecule has 0 unspecified atom stereocenters. The Hall–Kier alpha value is -1.38. The molecule has 2 rings (SSSR count). The zero-order chi connectivity index (χ0) is 13.1. The van der Waals surface area contributed by atoms with Crippen LogP contribution in [0.2, 0.25) is 0 Å². The Bertz CT molecular complexity index is 616. The number of benzene rings is 1. The van der Waals surface area contributed by atoms with Gasteiger partial charge in [0, 0.05) is 32.5 Å². The lowest BCUT2D eigenvalue weighted by molar-refractivity contribution is 0.618. The summed E-state index contributed by atoms with van der Waals surface area (Å²) in [5, 5.41) is 14.0. The number of nitriles is 1. The van der Waals surface area contributed by atoms with Gasteiger partial charge < -0.3 is 5.32 Å². The first-order valence-electron chi connectivity index (χ1n) is 5.27. The Morgan fingerprint density at radius 1 is 1.44 bits per heavy atom. The number of nitrogens with one attached hydrogen (secondary N) is 1. The number of rotatable bonds is 3. The molecule has 0 saturated carbocycles. The third-order valence-corrected chi connectivity index (χ3v) is 4.25. The Balaban J connectivity index is 2.19. The summed E-state index contributed by atoms with van der Waals surface area (Å²) in [4.78, 5) is 1.14. The van der Waals surface area contributed by atoms with E-state index < -0.39 is 0 Å². The molecule has 0 aliphatic carbocycles. The largest absolute Gasteiger partial charge is 0.380 e. The first-order chi connectivity index (χ1) is 8.60. The molecule has 0 amide bonds. The van der Waals surface area contributed by atoms with Crippen molar-refractivity contribution in [3.63, 3.8) is 0 Å². The van der Waals surface area contributed by atoms with Crippen molar-refractivity contribution in [1.29, 1.82) is 5.26 Å². The van der Waals surface area contributed by atoms with E-state index in [4.69, 9.17) is 5.26 Å². The maximum Gasteiger partial charge on any atom is 0.129 e. The van der Waals surface area contributed by atoms with Crippen molar-refractivity contribution < 1.29 is 4.39 Å².